The fraction of sp³-hybridized carbons (Fsp3) is 0.455. The number of nitrogens with zero attached hydrogens (tertiary/aromatic N) is 1. The van der Waals surface area contributed by atoms with E-state index in [1.54, 1.807) is 0 Å². The Balaban J connectivity index is 2.31. The number of hydrogen-bond acceptors (Lipinski definition) is 2. The summed E-state index contributed by atoms with van der Waals surface area (Å²) < 4.78 is 0. The molecule has 1 saturated heterocycles. The number of anilines is 1. The second-order valence-electron chi connectivity index (χ2n) is 3.69. The minimum absolute atomic E-state index is 0.136. The van der Waals surface area contributed by atoms with E-state index in [1.807, 2.05) is 6.92 Å². The maximum absolute atomic E-state index is 5.90. The Hall–Kier alpha value is -1.02. The van der Waals surface area contributed by atoms with Crippen molar-refractivity contribution >= 4 is 5.69 Å². The highest BCUT2D eigenvalue weighted by atomic mass is 15.2. The van der Waals surface area contributed by atoms with Gasteiger partial charge in [-0.3, -0.25) is 0 Å². The topological polar surface area (TPSA) is 29.3 Å². The third-order valence-corrected chi connectivity index (χ3v) is 2.62. The molecular weight excluding hydrogens is 160 g/mol. The third kappa shape index (κ3) is 1.54. The molecule has 1 heterocycles. The summed E-state index contributed by atoms with van der Waals surface area (Å²) >= 11 is 0. The van der Waals surface area contributed by atoms with E-state index in [2.05, 4.69) is 29.2 Å². The number of nitrogens with two attached hydrogens (primary N) is 1. The van der Waals surface area contributed by atoms with Crippen LogP contribution >= 0.6 is 0 Å². The predicted molar refractivity (Wildman–Crippen MR) is 55.9 cm³/mol. The monoisotopic (exact) mass is 176 g/mol. The van der Waals surface area contributed by atoms with Gasteiger partial charge in [-0.25, -0.2) is 0 Å². The van der Waals surface area contributed by atoms with E-state index in [0.717, 1.165) is 0 Å². The van der Waals surface area contributed by atoms with Crippen LogP contribution < -0.4 is 10.6 Å². The van der Waals surface area contributed by atoms with Crippen molar-refractivity contribution in [3.05, 3.63) is 29.8 Å². The van der Waals surface area contributed by atoms with Gasteiger partial charge in [0.05, 0.1) is 0 Å². The van der Waals surface area contributed by atoms with Crippen LogP contribution in [0.2, 0.25) is 0 Å². The second-order valence-corrected chi connectivity index (χ2v) is 3.69. The Bertz CT molecular complexity index is 290. The van der Waals surface area contributed by atoms with E-state index in [4.69, 9.17) is 5.73 Å². The highest BCUT2D eigenvalue weighted by Gasteiger charge is 2.18. The number of benzene rings is 1. The molecule has 2 heteroatoms. The van der Waals surface area contributed by atoms with E-state index in [0.29, 0.717) is 0 Å². The zero-order valence-corrected chi connectivity index (χ0v) is 8.03. The summed E-state index contributed by atoms with van der Waals surface area (Å²) in [6.45, 7) is 4.41. The summed E-state index contributed by atoms with van der Waals surface area (Å²) in [5.74, 6) is 0. The summed E-state index contributed by atoms with van der Waals surface area (Å²) in [6.07, 6.45) is 1.31. The lowest BCUT2D eigenvalue weighted by Crippen LogP contribution is -2.38. The molecular formula is C11H16N2. The predicted octanol–water partition coefficient (Wildman–Crippen LogP) is 1.92. The van der Waals surface area contributed by atoms with Crippen LogP contribution in [-0.4, -0.2) is 13.1 Å². The molecule has 0 saturated carbocycles. The summed E-state index contributed by atoms with van der Waals surface area (Å²) in [6, 6.07) is 8.56. The average Bonchev–Trinajstić information content (AvgIpc) is 2.02. The van der Waals surface area contributed by atoms with Crippen LogP contribution in [-0.2, 0) is 0 Å². The van der Waals surface area contributed by atoms with Gasteiger partial charge in [0.25, 0.3) is 0 Å². The number of hydrogen-bond donors (Lipinski definition) is 1. The molecule has 1 aliphatic rings. The molecule has 1 fully saturated rings. The molecule has 2 rings (SSSR count). The SMILES string of the molecule is CC(N)c1ccccc1N1CCC1. The molecule has 0 radical (unpaired) electrons. The van der Waals surface area contributed by atoms with Gasteiger partial charge in [-0.05, 0) is 25.0 Å². The van der Waals surface area contributed by atoms with Crippen LogP contribution in [0.25, 0.3) is 0 Å². The van der Waals surface area contributed by atoms with Crippen LogP contribution in [0.5, 0.6) is 0 Å². The summed E-state index contributed by atoms with van der Waals surface area (Å²) in [4.78, 5) is 2.39. The molecule has 1 aromatic rings. The molecule has 0 amide bonds. The highest BCUT2D eigenvalue weighted by Crippen LogP contribution is 2.28. The first kappa shape index (κ1) is 8.57. The first-order valence-electron chi connectivity index (χ1n) is 4.88. The minimum atomic E-state index is 0.136. The molecule has 1 aliphatic heterocycles. The van der Waals surface area contributed by atoms with Crippen molar-refractivity contribution in [3.8, 4) is 0 Å². The van der Waals surface area contributed by atoms with Crippen molar-refractivity contribution < 1.29 is 0 Å². The molecule has 0 aromatic heterocycles. The van der Waals surface area contributed by atoms with Crippen LogP contribution in [0, 0.1) is 0 Å². The Morgan fingerprint density at radius 1 is 1.31 bits per heavy atom. The van der Waals surface area contributed by atoms with Gasteiger partial charge in [-0.2, -0.15) is 0 Å². The first-order chi connectivity index (χ1) is 6.29. The van der Waals surface area contributed by atoms with Crippen molar-refractivity contribution in [2.45, 2.75) is 19.4 Å². The Kier molecular flexibility index (Phi) is 2.23. The minimum Gasteiger partial charge on any atom is -0.371 e. The van der Waals surface area contributed by atoms with E-state index in [-0.39, 0.29) is 6.04 Å². The summed E-state index contributed by atoms with van der Waals surface area (Å²) in [7, 11) is 0. The first-order valence-corrected chi connectivity index (χ1v) is 4.88. The normalized spacial score (nSPS) is 18.2. The summed E-state index contributed by atoms with van der Waals surface area (Å²) in [5.41, 5.74) is 8.49. The quantitative estimate of drug-likeness (QED) is 0.746. The summed E-state index contributed by atoms with van der Waals surface area (Å²) in [5, 5.41) is 0. The Labute approximate surface area is 79.4 Å². The molecule has 13 heavy (non-hydrogen) atoms. The van der Waals surface area contributed by atoms with E-state index < -0.39 is 0 Å². The van der Waals surface area contributed by atoms with Gasteiger partial charge in [0, 0.05) is 24.8 Å². The maximum atomic E-state index is 5.90. The van der Waals surface area contributed by atoms with E-state index in [1.165, 1.54) is 30.8 Å². The van der Waals surface area contributed by atoms with Crippen LogP contribution in [0.15, 0.2) is 24.3 Å². The Morgan fingerprint density at radius 3 is 2.54 bits per heavy atom. The molecule has 2 nitrogen and oxygen atoms in total. The Morgan fingerprint density at radius 2 is 2.00 bits per heavy atom. The van der Waals surface area contributed by atoms with Crippen molar-refractivity contribution in [1.29, 1.82) is 0 Å². The fourth-order valence-corrected chi connectivity index (χ4v) is 1.72. The molecule has 0 bridgehead atoms. The average molecular weight is 176 g/mol. The number of rotatable bonds is 2. The van der Waals surface area contributed by atoms with Gasteiger partial charge >= 0.3 is 0 Å². The molecule has 1 aromatic carbocycles. The second kappa shape index (κ2) is 3.38. The van der Waals surface area contributed by atoms with Gasteiger partial charge in [0.15, 0.2) is 0 Å². The van der Waals surface area contributed by atoms with Gasteiger partial charge in [-0.15, -0.1) is 0 Å². The number of para-hydroxylation sites is 1. The lowest BCUT2D eigenvalue weighted by Gasteiger charge is -2.35. The van der Waals surface area contributed by atoms with Crippen LogP contribution in [0.4, 0.5) is 5.69 Å². The molecule has 70 valence electrons. The third-order valence-electron chi connectivity index (χ3n) is 2.62. The lowest BCUT2D eigenvalue weighted by molar-refractivity contribution is 0.611. The zero-order valence-electron chi connectivity index (χ0n) is 8.03. The van der Waals surface area contributed by atoms with Gasteiger partial charge in [0.1, 0.15) is 0 Å². The van der Waals surface area contributed by atoms with Crippen molar-refractivity contribution in [3.63, 3.8) is 0 Å². The van der Waals surface area contributed by atoms with E-state index >= 15 is 0 Å². The standard InChI is InChI=1S/C11H16N2/c1-9(12)10-5-2-3-6-11(10)13-7-4-8-13/h2-3,5-6,9H,4,7-8,12H2,1H3. The van der Waals surface area contributed by atoms with Crippen LogP contribution in [0.1, 0.15) is 24.9 Å². The van der Waals surface area contributed by atoms with Crippen molar-refractivity contribution in [1.82, 2.24) is 0 Å². The fourth-order valence-electron chi connectivity index (χ4n) is 1.72. The van der Waals surface area contributed by atoms with Crippen molar-refractivity contribution in [2.24, 2.45) is 5.73 Å². The lowest BCUT2D eigenvalue weighted by atomic mass is 10.0. The van der Waals surface area contributed by atoms with Gasteiger partial charge in [0.2, 0.25) is 0 Å². The largest absolute Gasteiger partial charge is 0.371 e. The van der Waals surface area contributed by atoms with Crippen LogP contribution in [0.3, 0.4) is 0 Å². The van der Waals surface area contributed by atoms with E-state index in [9.17, 15) is 0 Å². The van der Waals surface area contributed by atoms with Gasteiger partial charge in [-0.1, -0.05) is 18.2 Å². The van der Waals surface area contributed by atoms with Gasteiger partial charge < -0.3 is 10.6 Å². The molecule has 1 atom stereocenters. The molecule has 1 unspecified atom stereocenters. The zero-order chi connectivity index (χ0) is 9.26. The van der Waals surface area contributed by atoms with Crippen molar-refractivity contribution in [2.75, 3.05) is 18.0 Å². The molecule has 0 spiro atoms. The molecule has 0 aliphatic carbocycles. The molecule has 2 N–H and O–H groups in total. The smallest absolute Gasteiger partial charge is 0.0414 e. The highest BCUT2D eigenvalue weighted by molar-refractivity contribution is 5.56. The maximum Gasteiger partial charge on any atom is 0.0414 e.